The van der Waals surface area contributed by atoms with Crippen LogP contribution in [-0.2, 0) is 17.8 Å². The van der Waals surface area contributed by atoms with Crippen LogP contribution in [-0.4, -0.2) is 57.5 Å². The number of para-hydroxylation sites is 1. The predicted molar refractivity (Wildman–Crippen MR) is 122 cm³/mol. The number of aromatic nitrogens is 2. The van der Waals surface area contributed by atoms with Gasteiger partial charge in [-0.3, -0.25) is 14.5 Å². The summed E-state index contributed by atoms with van der Waals surface area (Å²) in [5, 5.41) is 23.1. The minimum Gasteiger partial charge on any atom is -0.501 e. The SMILES string of the molecule is CN(C)CC(=O)N1c2ccccc2CC1c1nc(O)c(O)c(C(=O)NCc2ccc(F)cc2)n1. The summed E-state index contributed by atoms with van der Waals surface area (Å²) in [4.78, 5) is 37.4. The van der Waals surface area contributed by atoms with E-state index in [0.29, 0.717) is 17.7 Å². The van der Waals surface area contributed by atoms with Crippen molar-refractivity contribution in [1.82, 2.24) is 20.2 Å². The number of carbonyl (C=O) groups excluding carboxylic acids is 2. The fourth-order valence-corrected chi connectivity index (χ4v) is 3.88. The average molecular weight is 465 g/mol. The number of aromatic hydroxyl groups is 2. The molecule has 10 heteroatoms. The van der Waals surface area contributed by atoms with Crippen LogP contribution in [0.3, 0.4) is 0 Å². The van der Waals surface area contributed by atoms with Gasteiger partial charge in [-0.1, -0.05) is 30.3 Å². The Morgan fingerprint density at radius 1 is 1.12 bits per heavy atom. The van der Waals surface area contributed by atoms with Crippen LogP contribution in [0.15, 0.2) is 48.5 Å². The number of hydrogen-bond donors (Lipinski definition) is 3. The maximum atomic E-state index is 13.1. The highest BCUT2D eigenvalue weighted by atomic mass is 19.1. The van der Waals surface area contributed by atoms with Gasteiger partial charge in [-0.2, -0.15) is 4.98 Å². The molecule has 4 rings (SSSR count). The molecule has 3 aromatic rings. The minimum absolute atomic E-state index is 0.0329. The van der Waals surface area contributed by atoms with Crippen LogP contribution < -0.4 is 10.2 Å². The quantitative estimate of drug-likeness (QED) is 0.510. The summed E-state index contributed by atoms with van der Waals surface area (Å²) < 4.78 is 13.1. The largest absolute Gasteiger partial charge is 0.501 e. The first kappa shape index (κ1) is 23.1. The van der Waals surface area contributed by atoms with Crippen LogP contribution in [0.1, 0.15) is 33.5 Å². The predicted octanol–water partition coefficient (Wildman–Crippen LogP) is 2.15. The summed E-state index contributed by atoms with van der Waals surface area (Å²) in [6.07, 6.45) is 0.385. The monoisotopic (exact) mass is 465 g/mol. The molecular formula is C24H24FN5O4. The Bertz CT molecular complexity index is 1230. The first-order chi connectivity index (χ1) is 16.2. The molecule has 0 spiro atoms. The zero-order valence-electron chi connectivity index (χ0n) is 18.7. The number of hydrogen-bond acceptors (Lipinski definition) is 7. The third-order valence-corrected chi connectivity index (χ3v) is 5.46. The van der Waals surface area contributed by atoms with Gasteiger partial charge in [0.25, 0.3) is 11.8 Å². The Hall–Kier alpha value is -4.05. The van der Waals surface area contributed by atoms with E-state index in [1.807, 2.05) is 24.3 Å². The molecule has 3 N–H and O–H groups in total. The van der Waals surface area contributed by atoms with Crippen LogP contribution >= 0.6 is 0 Å². The van der Waals surface area contributed by atoms with E-state index >= 15 is 0 Å². The van der Waals surface area contributed by atoms with E-state index in [1.165, 1.54) is 24.3 Å². The van der Waals surface area contributed by atoms with Gasteiger partial charge in [0.2, 0.25) is 11.7 Å². The van der Waals surface area contributed by atoms with E-state index in [1.54, 1.807) is 23.9 Å². The average Bonchev–Trinajstić information content (AvgIpc) is 3.19. The number of carbonyl (C=O) groups is 2. The van der Waals surface area contributed by atoms with Crippen LogP contribution in [0.4, 0.5) is 10.1 Å². The Labute approximate surface area is 195 Å². The maximum absolute atomic E-state index is 13.1. The van der Waals surface area contributed by atoms with E-state index in [-0.39, 0.29) is 24.8 Å². The molecular weight excluding hydrogens is 441 g/mol. The van der Waals surface area contributed by atoms with E-state index in [4.69, 9.17) is 0 Å². The summed E-state index contributed by atoms with van der Waals surface area (Å²) in [5.74, 6) is -2.83. The topological polar surface area (TPSA) is 119 Å². The van der Waals surface area contributed by atoms with Gasteiger partial charge >= 0.3 is 0 Å². The zero-order chi connectivity index (χ0) is 24.4. The molecule has 2 amide bonds. The second-order valence-corrected chi connectivity index (χ2v) is 8.26. The van der Waals surface area contributed by atoms with E-state index in [2.05, 4.69) is 15.3 Å². The van der Waals surface area contributed by atoms with Crippen molar-refractivity contribution in [2.75, 3.05) is 25.5 Å². The molecule has 0 saturated carbocycles. The van der Waals surface area contributed by atoms with Gasteiger partial charge in [0.05, 0.1) is 6.54 Å². The molecule has 1 aliphatic rings. The van der Waals surface area contributed by atoms with Gasteiger partial charge in [0, 0.05) is 18.7 Å². The zero-order valence-corrected chi connectivity index (χ0v) is 18.7. The molecule has 0 bridgehead atoms. The van der Waals surface area contributed by atoms with Crippen LogP contribution in [0, 0.1) is 5.82 Å². The number of rotatable bonds is 6. The minimum atomic E-state index is -0.762. The van der Waals surface area contributed by atoms with E-state index < -0.39 is 35.1 Å². The van der Waals surface area contributed by atoms with Crippen molar-refractivity contribution < 1.29 is 24.2 Å². The standard InChI is InChI=1S/C24H24FN5O4/c1-29(2)13-19(31)30-17-6-4-3-5-15(17)11-18(30)22-27-20(21(32)24(34)28-22)23(33)26-12-14-7-9-16(25)10-8-14/h3-10,18,32H,11-13H2,1-2H3,(H,26,33)(H,27,28,34). The van der Waals surface area contributed by atoms with Crippen LogP contribution in [0.25, 0.3) is 0 Å². The lowest BCUT2D eigenvalue weighted by atomic mass is 10.1. The first-order valence-corrected chi connectivity index (χ1v) is 10.6. The summed E-state index contributed by atoms with van der Waals surface area (Å²) >= 11 is 0. The normalized spacial score (nSPS) is 14.8. The number of likely N-dealkylation sites (N-methyl/N-ethyl adjacent to an activating group) is 1. The van der Waals surface area contributed by atoms with Gasteiger partial charge in [0.1, 0.15) is 11.9 Å². The first-order valence-electron chi connectivity index (χ1n) is 10.6. The Morgan fingerprint density at radius 2 is 1.82 bits per heavy atom. The van der Waals surface area contributed by atoms with Crippen molar-refractivity contribution in [2.45, 2.75) is 19.0 Å². The number of nitrogens with zero attached hydrogens (tertiary/aromatic N) is 4. The third kappa shape index (κ3) is 4.67. The molecule has 0 aliphatic carbocycles. The summed E-state index contributed by atoms with van der Waals surface area (Å²) in [7, 11) is 3.56. The Morgan fingerprint density at radius 3 is 2.53 bits per heavy atom. The van der Waals surface area contributed by atoms with Crippen molar-refractivity contribution in [3.05, 3.63) is 77.0 Å². The van der Waals surface area contributed by atoms with Crippen molar-refractivity contribution in [2.24, 2.45) is 0 Å². The molecule has 1 aromatic heterocycles. The second-order valence-electron chi connectivity index (χ2n) is 8.26. The summed E-state index contributed by atoms with van der Waals surface area (Å²) in [5.41, 5.74) is 1.83. The molecule has 0 radical (unpaired) electrons. The highest BCUT2D eigenvalue weighted by Crippen LogP contribution is 2.40. The number of anilines is 1. The molecule has 1 atom stereocenters. The van der Waals surface area contributed by atoms with Crippen LogP contribution in [0.2, 0.25) is 0 Å². The molecule has 176 valence electrons. The van der Waals surface area contributed by atoms with Gasteiger partial charge in [-0.05, 0) is 43.4 Å². The van der Waals surface area contributed by atoms with Crippen molar-refractivity contribution in [3.63, 3.8) is 0 Å². The number of nitrogens with one attached hydrogen (secondary N) is 1. The van der Waals surface area contributed by atoms with E-state index in [9.17, 15) is 24.2 Å². The Kier molecular flexibility index (Phi) is 6.42. The molecule has 0 saturated heterocycles. The van der Waals surface area contributed by atoms with Crippen molar-refractivity contribution in [1.29, 1.82) is 0 Å². The second kappa shape index (κ2) is 9.44. The molecule has 9 nitrogen and oxygen atoms in total. The molecule has 1 aliphatic heterocycles. The lowest BCUT2D eigenvalue weighted by Crippen LogP contribution is -2.39. The molecule has 0 fully saturated rings. The van der Waals surface area contributed by atoms with Gasteiger partial charge < -0.3 is 20.4 Å². The van der Waals surface area contributed by atoms with E-state index in [0.717, 1.165) is 5.56 Å². The molecule has 2 heterocycles. The smallest absolute Gasteiger partial charge is 0.274 e. The maximum Gasteiger partial charge on any atom is 0.274 e. The molecule has 2 aromatic carbocycles. The highest BCUT2D eigenvalue weighted by Gasteiger charge is 2.37. The number of halogens is 1. The van der Waals surface area contributed by atoms with Crippen LogP contribution in [0.5, 0.6) is 11.6 Å². The fraction of sp³-hybridized carbons (Fsp3) is 0.250. The van der Waals surface area contributed by atoms with Gasteiger partial charge in [-0.15, -0.1) is 0 Å². The van der Waals surface area contributed by atoms with Crippen molar-refractivity contribution >= 4 is 17.5 Å². The van der Waals surface area contributed by atoms with Gasteiger partial charge in [-0.25, -0.2) is 9.37 Å². The summed E-state index contributed by atoms with van der Waals surface area (Å²) in [6, 6.07) is 12.3. The number of amides is 2. The van der Waals surface area contributed by atoms with Crippen molar-refractivity contribution in [3.8, 4) is 11.6 Å². The molecule has 34 heavy (non-hydrogen) atoms. The highest BCUT2D eigenvalue weighted by molar-refractivity contribution is 5.98. The lowest BCUT2D eigenvalue weighted by Gasteiger charge is -2.26. The Balaban J connectivity index is 1.64. The fourth-order valence-electron chi connectivity index (χ4n) is 3.88. The third-order valence-electron chi connectivity index (χ3n) is 5.46. The number of fused-ring (bicyclic) bond motifs is 1. The summed E-state index contributed by atoms with van der Waals surface area (Å²) in [6.45, 7) is 0.195. The lowest BCUT2D eigenvalue weighted by molar-refractivity contribution is -0.119. The number of benzene rings is 2. The van der Waals surface area contributed by atoms with Gasteiger partial charge in [0.15, 0.2) is 11.5 Å². The molecule has 1 unspecified atom stereocenters.